The molecule has 0 aromatic rings. The molecule has 2 atom stereocenters. The number of aliphatic hydroxyl groups is 1. The van der Waals surface area contributed by atoms with Crippen molar-refractivity contribution in [1.82, 2.24) is 0 Å². The summed E-state index contributed by atoms with van der Waals surface area (Å²) in [5, 5.41) is 9.46. The van der Waals surface area contributed by atoms with E-state index in [1.54, 1.807) is 0 Å². The summed E-state index contributed by atoms with van der Waals surface area (Å²) in [4.78, 5) is 0. The third-order valence-corrected chi connectivity index (χ3v) is 8.02. The van der Waals surface area contributed by atoms with Crippen LogP contribution in [0.15, 0.2) is 0 Å². The van der Waals surface area contributed by atoms with Crippen molar-refractivity contribution in [3.63, 3.8) is 0 Å². The van der Waals surface area contributed by atoms with Crippen molar-refractivity contribution in [2.75, 3.05) is 6.61 Å². The van der Waals surface area contributed by atoms with E-state index in [-0.39, 0.29) is 11.1 Å². The Labute approximate surface area is 93.9 Å². The molecule has 1 aliphatic heterocycles. The van der Waals surface area contributed by atoms with Gasteiger partial charge in [-0.15, -0.1) is 0 Å². The second-order valence-electron chi connectivity index (χ2n) is 5.86. The molecule has 15 heavy (non-hydrogen) atoms. The van der Waals surface area contributed by atoms with E-state index >= 15 is 0 Å². The molecule has 1 fully saturated rings. The molecule has 1 rings (SSSR count). The molecule has 1 unspecified atom stereocenters. The van der Waals surface area contributed by atoms with Crippen LogP contribution in [0.1, 0.15) is 33.6 Å². The van der Waals surface area contributed by atoms with Crippen molar-refractivity contribution < 1.29 is 14.3 Å². The Bertz CT molecular complexity index is 210. The lowest BCUT2D eigenvalue weighted by Gasteiger charge is -2.36. The quantitative estimate of drug-likeness (QED) is 0.760. The summed E-state index contributed by atoms with van der Waals surface area (Å²) in [5.41, 5.74) is 0. The first-order valence-corrected chi connectivity index (χ1v) is 8.61. The molecule has 1 saturated heterocycles. The third kappa shape index (κ3) is 3.55. The molecule has 90 valence electrons. The predicted molar refractivity (Wildman–Crippen MR) is 63.3 cm³/mol. The van der Waals surface area contributed by atoms with Crippen LogP contribution in [-0.4, -0.2) is 32.4 Å². The number of ether oxygens (including phenoxy) is 1. The van der Waals surface area contributed by atoms with Crippen LogP contribution in [0.5, 0.6) is 0 Å². The van der Waals surface area contributed by atoms with Crippen molar-refractivity contribution in [1.29, 1.82) is 0 Å². The van der Waals surface area contributed by atoms with Crippen LogP contribution in [0.4, 0.5) is 0 Å². The van der Waals surface area contributed by atoms with Crippen molar-refractivity contribution in [2.24, 2.45) is 0 Å². The molecule has 0 aromatic carbocycles. The smallest absolute Gasteiger partial charge is 0.192 e. The van der Waals surface area contributed by atoms with Gasteiger partial charge in [0.05, 0.1) is 12.7 Å². The summed E-state index contributed by atoms with van der Waals surface area (Å²) >= 11 is 0. The molecule has 1 heterocycles. The van der Waals surface area contributed by atoms with Crippen LogP contribution in [0.3, 0.4) is 0 Å². The summed E-state index contributed by atoms with van der Waals surface area (Å²) in [6.45, 7) is 11.8. The number of hydrogen-bond donors (Lipinski definition) is 1. The maximum absolute atomic E-state index is 9.22. The number of hydrogen-bond acceptors (Lipinski definition) is 3. The Balaban J connectivity index is 2.36. The fourth-order valence-corrected chi connectivity index (χ4v) is 2.36. The second-order valence-corrected chi connectivity index (χ2v) is 10.7. The Morgan fingerprint density at radius 1 is 1.33 bits per heavy atom. The minimum atomic E-state index is -1.66. The summed E-state index contributed by atoms with van der Waals surface area (Å²) in [6.07, 6.45) is 1.17. The molecular formula is C11H24O3Si. The van der Waals surface area contributed by atoms with Gasteiger partial charge >= 0.3 is 0 Å². The van der Waals surface area contributed by atoms with Gasteiger partial charge in [0.15, 0.2) is 14.6 Å². The molecule has 0 spiro atoms. The summed E-state index contributed by atoms with van der Waals surface area (Å²) in [5.74, 6) is 0. The zero-order valence-corrected chi connectivity index (χ0v) is 11.5. The van der Waals surface area contributed by atoms with Crippen LogP contribution in [-0.2, 0) is 9.16 Å². The zero-order valence-electron chi connectivity index (χ0n) is 10.5. The molecule has 3 nitrogen and oxygen atoms in total. The Kier molecular flexibility index (Phi) is 3.98. The van der Waals surface area contributed by atoms with Gasteiger partial charge in [-0.1, -0.05) is 20.8 Å². The Hall–Kier alpha value is 0.0969. The molecular weight excluding hydrogens is 208 g/mol. The average Bonchev–Trinajstić information content (AvgIpc) is 2.46. The van der Waals surface area contributed by atoms with Gasteiger partial charge in [-0.05, 0) is 24.6 Å². The van der Waals surface area contributed by atoms with E-state index in [4.69, 9.17) is 9.16 Å². The van der Waals surface area contributed by atoms with Crippen molar-refractivity contribution in [3.8, 4) is 0 Å². The highest BCUT2D eigenvalue weighted by Crippen LogP contribution is 2.37. The molecule has 0 aromatic heterocycles. The molecule has 0 aliphatic carbocycles. The van der Waals surface area contributed by atoms with Gasteiger partial charge in [0.1, 0.15) is 0 Å². The SMILES string of the molecule is CC(C)(C)[Si](C)(C)OC[C@@H]1CCC(O)O1. The largest absolute Gasteiger partial charge is 0.414 e. The lowest BCUT2D eigenvalue weighted by Crippen LogP contribution is -2.42. The van der Waals surface area contributed by atoms with Gasteiger partial charge < -0.3 is 14.3 Å². The predicted octanol–water partition coefficient (Wildman–Crippen LogP) is 2.51. The van der Waals surface area contributed by atoms with Crippen molar-refractivity contribution in [2.45, 2.75) is 64.1 Å². The highest BCUT2D eigenvalue weighted by atomic mass is 28.4. The van der Waals surface area contributed by atoms with Crippen LogP contribution in [0.25, 0.3) is 0 Å². The van der Waals surface area contributed by atoms with E-state index in [0.717, 1.165) is 12.8 Å². The fourth-order valence-electron chi connectivity index (χ4n) is 1.33. The molecule has 0 radical (unpaired) electrons. The average molecular weight is 232 g/mol. The van der Waals surface area contributed by atoms with E-state index in [0.29, 0.717) is 6.61 Å². The highest BCUT2D eigenvalue weighted by molar-refractivity contribution is 6.74. The molecule has 1 aliphatic rings. The van der Waals surface area contributed by atoms with Gasteiger partial charge in [-0.2, -0.15) is 0 Å². The number of rotatable bonds is 3. The molecule has 0 amide bonds. The monoisotopic (exact) mass is 232 g/mol. The van der Waals surface area contributed by atoms with Gasteiger partial charge in [0, 0.05) is 6.42 Å². The van der Waals surface area contributed by atoms with Gasteiger partial charge in [0.25, 0.3) is 0 Å². The van der Waals surface area contributed by atoms with Crippen LogP contribution >= 0.6 is 0 Å². The standard InChI is InChI=1S/C11H24O3Si/c1-11(2,3)15(4,5)13-8-9-6-7-10(12)14-9/h9-10,12H,6-8H2,1-5H3/t9-,10?/m0/s1. The van der Waals surface area contributed by atoms with Gasteiger partial charge in [-0.3, -0.25) is 0 Å². The highest BCUT2D eigenvalue weighted by Gasteiger charge is 2.38. The normalized spacial score (nSPS) is 28.4. The van der Waals surface area contributed by atoms with E-state index in [1.807, 2.05) is 0 Å². The van der Waals surface area contributed by atoms with Crippen LogP contribution in [0.2, 0.25) is 18.1 Å². The first kappa shape index (κ1) is 13.2. The minimum absolute atomic E-state index is 0.0918. The van der Waals surface area contributed by atoms with E-state index in [1.165, 1.54) is 0 Å². The zero-order chi connectivity index (χ0) is 11.7. The van der Waals surface area contributed by atoms with Crippen molar-refractivity contribution >= 4 is 8.32 Å². The van der Waals surface area contributed by atoms with Crippen LogP contribution in [0, 0.1) is 0 Å². The van der Waals surface area contributed by atoms with Crippen molar-refractivity contribution in [3.05, 3.63) is 0 Å². The molecule has 0 saturated carbocycles. The van der Waals surface area contributed by atoms with E-state index in [2.05, 4.69) is 33.9 Å². The molecule has 4 heteroatoms. The van der Waals surface area contributed by atoms with Gasteiger partial charge in [0.2, 0.25) is 0 Å². The van der Waals surface area contributed by atoms with E-state index < -0.39 is 14.6 Å². The third-order valence-electron chi connectivity index (χ3n) is 3.52. The van der Waals surface area contributed by atoms with Gasteiger partial charge in [-0.25, -0.2) is 0 Å². The van der Waals surface area contributed by atoms with E-state index in [9.17, 15) is 5.11 Å². The second kappa shape index (κ2) is 4.53. The van der Waals surface area contributed by atoms with Crippen LogP contribution < -0.4 is 0 Å². The fraction of sp³-hybridized carbons (Fsp3) is 1.00. The lowest BCUT2D eigenvalue weighted by atomic mass is 10.2. The summed E-state index contributed by atoms with van der Waals surface area (Å²) in [7, 11) is -1.66. The first-order valence-electron chi connectivity index (χ1n) is 5.70. The molecule has 0 bridgehead atoms. The molecule has 1 N–H and O–H groups in total. The maximum Gasteiger partial charge on any atom is 0.192 e. The minimum Gasteiger partial charge on any atom is -0.414 e. The first-order chi connectivity index (χ1) is 6.72. The topological polar surface area (TPSA) is 38.7 Å². The Morgan fingerprint density at radius 3 is 2.33 bits per heavy atom. The number of aliphatic hydroxyl groups excluding tert-OH is 1. The lowest BCUT2D eigenvalue weighted by molar-refractivity contribution is -0.0995. The maximum atomic E-state index is 9.22. The Morgan fingerprint density at radius 2 is 1.93 bits per heavy atom. The summed E-state index contributed by atoms with van der Waals surface area (Å²) in [6, 6.07) is 0. The summed E-state index contributed by atoms with van der Waals surface area (Å²) < 4.78 is 11.4.